The maximum Gasteiger partial charge on any atom is 0.251 e. The average molecular weight is 307 g/mol. The van der Waals surface area contributed by atoms with Gasteiger partial charge in [-0.25, -0.2) is 9.97 Å². The van der Waals surface area contributed by atoms with E-state index in [0.29, 0.717) is 29.7 Å². The Morgan fingerprint density at radius 1 is 1.29 bits per heavy atom. The van der Waals surface area contributed by atoms with Gasteiger partial charge in [-0.05, 0) is 24.3 Å². The van der Waals surface area contributed by atoms with Gasteiger partial charge in [0.2, 0.25) is 0 Å². The highest BCUT2D eigenvalue weighted by Gasteiger charge is 2.05. The molecule has 2 rings (SSSR count). The molecule has 0 fully saturated rings. The van der Waals surface area contributed by atoms with Gasteiger partial charge >= 0.3 is 0 Å². The number of hydrogen-bond donors (Lipinski definition) is 2. The van der Waals surface area contributed by atoms with Crippen LogP contribution in [0, 0.1) is 0 Å². The van der Waals surface area contributed by atoms with Gasteiger partial charge in [0.05, 0.1) is 6.61 Å². The van der Waals surface area contributed by atoms with E-state index in [9.17, 15) is 4.79 Å². The van der Waals surface area contributed by atoms with Crippen molar-refractivity contribution in [3.63, 3.8) is 0 Å². The molecule has 0 aliphatic heterocycles. The molecule has 21 heavy (non-hydrogen) atoms. The van der Waals surface area contributed by atoms with Gasteiger partial charge in [0.25, 0.3) is 5.91 Å². The number of aromatic nitrogens is 2. The van der Waals surface area contributed by atoms with Gasteiger partial charge in [-0.2, -0.15) is 0 Å². The minimum Gasteiger partial charge on any atom is -0.383 e. The summed E-state index contributed by atoms with van der Waals surface area (Å²) in [6.45, 7) is 0.967. The third kappa shape index (κ3) is 4.70. The first kappa shape index (κ1) is 15.2. The van der Waals surface area contributed by atoms with Crippen LogP contribution < -0.4 is 10.6 Å². The summed E-state index contributed by atoms with van der Waals surface area (Å²) in [5.74, 6) is 0.455. The quantitative estimate of drug-likeness (QED) is 0.632. The Morgan fingerprint density at radius 2 is 2.05 bits per heavy atom. The number of nitrogens with one attached hydrogen (secondary N) is 2. The van der Waals surface area contributed by atoms with Gasteiger partial charge < -0.3 is 15.4 Å². The normalized spacial score (nSPS) is 10.2. The summed E-state index contributed by atoms with van der Waals surface area (Å²) in [5.41, 5.74) is 1.38. The second-order valence-electron chi connectivity index (χ2n) is 4.18. The van der Waals surface area contributed by atoms with Crippen molar-refractivity contribution in [3.05, 3.63) is 47.4 Å². The number of carbonyl (C=O) groups excluding carboxylic acids is 1. The molecule has 110 valence electrons. The summed E-state index contributed by atoms with van der Waals surface area (Å²) in [7, 11) is 1.59. The van der Waals surface area contributed by atoms with Crippen LogP contribution in [-0.4, -0.2) is 36.1 Å². The Labute approximate surface area is 127 Å². The standard InChI is InChI=1S/C14H15ClN4O2/c1-21-7-6-16-14(20)10-2-4-11(5-3-10)19-13-8-12(15)17-9-18-13/h2-5,8-9H,6-7H2,1H3,(H,16,20)(H,17,18,19). The molecule has 1 amide bonds. The van der Waals surface area contributed by atoms with Crippen LogP contribution in [0.3, 0.4) is 0 Å². The van der Waals surface area contributed by atoms with Crippen molar-refractivity contribution < 1.29 is 9.53 Å². The molecule has 7 heteroatoms. The van der Waals surface area contributed by atoms with Crippen molar-refractivity contribution in [2.24, 2.45) is 0 Å². The summed E-state index contributed by atoms with van der Waals surface area (Å²) in [6.07, 6.45) is 1.38. The predicted molar refractivity (Wildman–Crippen MR) is 81.0 cm³/mol. The highest BCUT2D eigenvalue weighted by atomic mass is 35.5. The number of amides is 1. The van der Waals surface area contributed by atoms with Gasteiger partial charge in [0.15, 0.2) is 0 Å². The number of methoxy groups -OCH3 is 1. The first-order chi connectivity index (χ1) is 10.2. The number of rotatable bonds is 6. The van der Waals surface area contributed by atoms with Gasteiger partial charge in [-0.15, -0.1) is 0 Å². The topological polar surface area (TPSA) is 76.1 Å². The molecule has 2 N–H and O–H groups in total. The Kier molecular flexibility index (Phi) is 5.48. The van der Waals surface area contributed by atoms with Crippen molar-refractivity contribution >= 4 is 29.0 Å². The van der Waals surface area contributed by atoms with Gasteiger partial charge in [-0.3, -0.25) is 4.79 Å². The van der Waals surface area contributed by atoms with E-state index in [0.717, 1.165) is 5.69 Å². The molecule has 0 spiro atoms. The van der Waals surface area contributed by atoms with Crippen LogP contribution in [0.4, 0.5) is 11.5 Å². The molecule has 0 unspecified atom stereocenters. The lowest BCUT2D eigenvalue weighted by Crippen LogP contribution is -2.26. The summed E-state index contributed by atoms with van der Waals surface area (Å²) in [6, 6.07) is 8.66. The Balaban J connectivity index is 1.97. The van der Waals surface area contributed by atoms with E-state index in [-0.39, 0.29) is 5.91 Å². The van der Waals surface area contributed by atoms with Crippen LogP contribution in [0.5, 0.6) is 0 Å². The summed E-state index contributed by atoms with van der Waals surface area (Å²) < 4.78 is 4.88. The Hall–Kier alpha value is -2.18. The number of ether oxygens (including phenoxy) is 1. The number of carbonyl (C=O) groups is 1. The first-order valence-corrected chi connectivity index (χ1v) is 6.68. The Bertz CT molecular complexity index is 604. The number of nitrogens with zero attached hydrogens (tertiary/aromatic N) is 2. The lowest BCUT2D eigenvalue weighted by Gasteiger charge is -2.07. The van der Waals surface area contributed by atoms with Gasteiger partial charge in [0.1, 0.15) is 17.3 Å². The molecular formula is C14H15ClN4O2. The van der Waals surface area contributed by atoms with Crippen LogP contribution in [0.1, 0.15) is 10.4 Å². The zero-order chi connectivity index (χ0) is 15.1. The molecule has 0 aliphatic carbocycles. The molecule has 6 nitrogen and oxygen atoms in total. The van der Waals surface area contributed by atoms with E-state index in [2.05, 4.69) is 20.6 Å². The molecule has 1 aromatic heterocycles. The monoisotopic (exact) mass is 306 g/mol. The fourth-order valence-electron chi connectivity index (χ4n) is 1.62. The molecule has 0 radical (unpaired) electrons. The van der Waals surface area contributed by atoms with Crippen LogP contribution >= 0.6 is 11.6 Å². The van der Waals surface area contributed by atoms with Crippen molar-refractivity contribution in [3.8, 4) is 0 Å². The second-order valence-corrected chi connectivity index (χ2v) is 4.56. The number of hydrogen-bond acceptors (Lipinski definition) is 5. The second kappa shape index (κ2) is 7.56. The van der Waals surface area contributed by atoms with Crippen LogP contribution in [0.15, 0.2) is 36.7 Å². The lowest BCUT2D eigenvalue weighted by atomic mass is 10.2. The zero-order valence-corrected chi connectivity index (χ0v) is 12.2. The highest BCUT2D eigenvalue weighted by molar-refractivity contribution is 6.29. The maximum absolute atomic E-state index is 11.8. The molecule has 0 bridgehead atoms. The zero-order valence-electron chi connectivity index (χ0n) is 11.5. The fourth-order valence-corrected chi connectivity index (χ4v) is 1.77. The van der Waals surface area contributed by atoms with Gasteiger partial charge in [-0.1, -0.05) is 11.6 Å². The lowest BCUT2D eigenvalue weighted by molar-refractivity contribution is 0.0937. The molecule has 1 aromatic carbocycles. The number of halogens is 1. The summed E-state index contributed by atoms with van der Waals surface area (Å²) >= 11 is 5.78. The summed E-state index contributed by atoms with van der Waals surface area (Å²) in [4.78, 5) is 19.7. The fraction of sp³-hybridized carbons (Fsp3) is 0.214. The molecule has 2 aromatic rings. The smallest absolute Gasteiger partial charge is 0.251 e. The predicted octanol–water partition coefficient (Wildman–Crippen LogP) is 2.25. The molecule has 0 aliphatic rings. The Morgan fingerprint density at radius 3 is 2.71 bits per heavy atom. The summed E-state index contributed by atoms with van der Waals surface area (Å²) in [5, 5.41) is 6.19. The molecule has 1 heterocycles. The molecule has 0 saturated heterocycles. The third-order valence-electron chi connectivity index (χ3n) is 2.64. The molecule has 0 saturated carbocycles. The average Bonchev–Trinajstić information content (AvgIpc) is 2.48. The van der Waals surface area contributed by atoms with E-state index in [1.807, 2.05) is 0 Å². The molecule has 0 atom stereocenters. The SMILES string of the molecule is COCCNC(=O)c1ccc(Nc2cc(Cl)ncn2)cc1. The minimum atomic E-state index is -0.135. The van der Waals surface area contributed by atoms with Crippen LogP contribution in [0.2, 0.25) is 5.15 Å². The third-order valence-corrected chi connectivity index (χ3v) is 2.85. The number of anilines is 2. The van der Waals surface area contributed by atoms with E-state index < -0.39 is 0 Å². The minimum absolute atomic E-state index is 0.135. The van der Waals surface area contributed by atoms with E-state index in [4.69, 9.17) is 16.3 Å². The maximum atomic E-state index is 11.8. The van der Waals surface area contributed by atoms with Crippen molar-refractivity contribution in [1.29, 1.82) is 0 Å². The van der Waals surface area contributed by atoms with Crippen molar-refractivity contribution in [2.45, 2.75) is 0 Å². The van der Waals surface area contributed by atoms with Gasteiger partial charge in [0, 0.05) is 31.0 Å². The highest BCUT2D eigenvalue weighted by Crippen LogP contribution is 2.16. The van der Waals surface area contributed by atoms with Crippen LogP contribution in [-0.2, 0) is 4.74 Å². The first-order valence-electron chi connectivity index (χ1n) is 6.31. The van der Waals surface area contributed by atoms with E-state index >= 15 is 0 Å². The largest absolute Gasteiger partial charge is 0.383 e. The van der Waals surface area contributed by atoms with Crippen molar-refractivity contribution in [1.82, 2.24) is 15.3 Å². The molecular weight excluding hydrogens is 292 g/mol. The van der Waals surface area contributed by atoms with E-state index in [1.54, 1.807) is 37.4 Å². The number of benzene rings is 1. The van der Waals surface area contributed by atoms with Crippen LogP contribution in [0.25, 0.3) is 0 Å². The van der Waals surface area contributed by atoms with E-state index in [1.165, 1.54) is 6.33 Å². The van der Waals surface area contributed by atoms with Crippen molar-refractivity contribution in [2.75, 3.05) is 25.6 Å².